The van der Waals surface area contributed by atoms with Crippen LogP contribution in [0, 0.1) is 5.82 Å². The summed E-state index contributed by atoms with van der Waals surface area (Å²) >= 11 is 0. The number of nitrogens with one attached hydrogen (secondary N) is 2. The van der Waals surface area contributed by atoms with E-state index in [1.165, 1.54) is 12.1 Å². The lowest BCUT2D eigenvalue weighted by molar-refractivity contribution is -0.121. The van der Waals surface area contributed by atoms with Gasteiger partial charge in [-0.05, 0) is 31.0 Å². The third kappa shape index (κ3) is 3.84. The molecule has 1 aromatic carbocycles. The van der Waals surface area contributed by atoms with Crippen molar-refractivity contribution in [2.45, 2.75) is 25.8 Å². The molecule has 2 aromatic rings. The van der Waals surface area contributed by atoms with Gasteiger partial charge in [-0.25, -0.2) is 4.39 Å². The number of hydrogen-bond donors (Lipinski definition) is 2. The summed E-state index contributed by atoms with van der Waals surface area (Å²) in [4.78, 5) is 11.7. The highest BCUT2D eigenvalue weighted by Crippen LogP contribution is 2.07. The van der Waals surface area contributed by atoms with Crippen molar-refractivity contribution in [1.29, 1.82) is 0 Å². The number of aryl methyl sites for hydroxylation is 1. The molecule has 0 radical (unpaired) electrons. The Balaban J connectivity index is 1.80. The van der Waals surface area contributed by atoms with Gasteiger partial charge in [0.05, 0.1) is 6.04 Å². The number of nitrogens with zero attached hydrogens (tertiary/aromatic N) is 3. The van der Waals surface area contributed by atoms with Crippen LogP contribution in [0.1, 0.15) is 30.8 Å². The minimum absolute atomic E-state index is 0.110. The lowest BCUT2D eigenvalue weighted by Crippen LogP contribution is -2.27. The van der Waals surface area contributed by atoms with E-state index in [2.05, 4.69) is 25.9 Å². The van der Waals surface area contributed by atoms with Gasteiger partial charge in [-0.1, -0.05) is 17.3 Å². The first-order chi connectivity index (χ1) is 9.15. The molecule has 0 spiro atoms. The van der Waals surface area contributed by atoms with Crippen molar-refractivity contribution in [1.82, 2.24) is 25.9 Å². The van der Waals surface area contributed by atoms with Gasteiger partial charge in [0.2, 0.25) is 5.91 Å². The molecule has 1 heterocycles. The van der Waals surface area contributed by atoms with E-state index in [-0.39, 0.29) is 17.8 Å². The van der Waals surface area contributed by atoms with Crippen molar-refractivity contribution in [3.05, 3.63) is 41.5 Å². The first kappa shape index (κ1) is 13.1. The van der Waals surface area contributed by atoms with E-state index in [1.54, 1.807) is 19.1 Å². The van der Waals surface area contributed by atoms with Gasteiger partial charge >= 0.3 is 0 Å². The highest BCUT2D eigenvalue weighted by atomic mass is 19.1. The van der Waals surface area contributed by atoms with Crippen LogP contribution in [0.4, 0.5) is 4.39 Å². The van der Waals surface area contributed by atoms with Gasteiger partial charge in [0.25, 0.3) is 0 Å². The van der Waals surface area contributed by atoms with Crippen LogP contribution in [-0.4, -0.2) is 26.5 Å². The van der Waals surface area contributed by atoms with Gasteiger partial charge in [0.15, 0.2) is 5.82 Å². The Bertz CT molecular complexity index is 526. The molecule has 0 saturated heterocycles. The topological polar surface area (TPSA) is 83.6 Å². The van der Waals surface area contributed by atoms with Crippen molar-refractivity contribution >= 4 is 5.91 Å². The normalized spacial score (nSPS) is 12.1. The van der Waals surface area contributed by atoms with Crippen molar-refractivity contribution in [2.24, 2.45) is 0 Å². The largest absolute Gasteiger partial charge is 0.346 e. The SMILES string of the molecule is CC(NC(=O)CCc1ccc(F)cc1)c1nn[nH]n1. The number of aromatic amines is 1. The number of benzene rings is 1. The third-order valence-electron chi connectivity index (χ3n) is 2.68. The Kier molecular flexibility index (Phi) is 4.17. The first-order valence-electron chi connectivity index (χ1n) is 5.92. The fraction of sp³-hybridized carbons (Fsp3) is 0.333. The number of aromatic nitrogens is 4. The first-order valence-corrected chi connectivity index (χ1v) is 5.92. The van der Waals surface area contributed by atoms with E-state index >= 15 is 0 Å². The summed E-state index contributed by atoms with van der Waals surface area (Å²) in [6.07, 6.45) is 0.888. The van der Waals surface area contributed by atoms with E-state index in [0.29, 0.717) is 18.7 Å². The zero-order valence-electron chi connectivity index (χ0n) is 10.4. The molecule has 1 amide bonds. The number of hydrogen-bond acceptors (Lipinski definition) is 4. The molecule has 7 heteroatoms. The summed E-state index contributed by atoms with van der Waals surface area (Å²) in [5.74, 6) is 0.0516. The summed E-state index contributed by atoms with van der Waals surface area (Å²) in [6, 6.07) is 5.82. The van der Waals surface area contributed by atoms with Crippen LogP contribution in [0.15, 0.2) is 24.3 Å². The van der Waals surface area contributed by atoms with Crippen LogP contribution in [-0.2, 0) is 11.2 Å². The minimum Gasteiger partial charge on any atom is -0.346 e. The molecule has 1 unspecified atom stereocenters. The standard InChI is InChI=1S/C12H14FN5O/c1-8(12-15-17-18-16-12)14-11(19)7-4-9-2-5-10(13)6-3-9/h2-3,5-6,8H,4,7H2,1H3,(H,14,19)(H,15,16,17,18). The van der Waals surface area contributed by atoms with Gasteiger partial charge in [0, 0.05) is 6.42 Å². The van der Waals surface area contributed by atoms with E-state index in [4.69, 9.17) is 0 Å². The summed E-state index contributed by atoms with van der Waals surface area (Å²) in [5.41, 5.74) is 0.920. The molecular weight excluding hydrogens is 249 g/mol. The number of amides is 1. The number of tetrazole rings is 1. The molecule has 0 bridgehead atoms. The highest BCUT2D eigenvalue weighted by molar-refractivity contribution is 5.76. The fourth-order valence-corrected chi connectivity index (χ4v) is 1.64. The molecule has 1 atom stereocenters. The van der Waals surface area contributed by atoms with Crippen LogP contribution in [0.2, 0.25) is 0 Å². The van der Waals surface area contributed by atoms with Crippen molar-refractivity contribution in [3.63, 3.8) is 0 Å². The molecule has 100 valence electrons. The number of carbonyl (C=O) groups excluding carboxylic acids is 1. The minimum atomic E-state index is -0.292. The molecule has 2 N–H and O–H groups in total. The Morgan fingerprint density at radius 3 is 2.79 bits per heavy atom. The predicted molar refractivity (Wildman–Crippen MR) is 65.5 cm³/mol. The second kappa shape index (κ2) is 6.03. The highest BCUT2D eigenvalue weighted by Gasteiger charge is 2.13. The fourth-order valence-electron chi connectivity index (χ4n) is 1.64. The smallest absolute Gasteiger partial charge is 0.220 e. The molecule has 1 aromatic heterocycles. The summed E-state index contributed by atoms with van der Waals surface area (Å²) in [7, 11) is 0. The predicted octanol–water partition coefficient (Wildman–Crippen LogP) is 1.15. The van der Waals surface area contributed by atoms with Crippen molar-refractivity contribution in [2.75, 3.05) is 0 Å². The zero-order chi connectivity index (χ0) is 13.7. The van der Waals surface area contributed by atoms with Crippen molar-refractivity contribution in [3.8, 4) is 0 Å². The Hall–Kier alpha value is -2.31. The third-order valence-corrected chi connectivity index (χ3v) is 2.68. The second-order valence-electron chi connectivity index (χ2n) is 4.19. The molecule has 2 rings (SSSR count). The summed E-state index contributed by atoms with van der Waals surface area (Å²) in [6.45, 7) is 1.78. The molecule has 19 heavy (non-hydrogen) atoms. The number of rotatable bonds is 5. The van der Waals surface area contributed by atoms with Crippen LogP contribution in [0.3, 0.4) is 0 Å². The summed E-state index contributed by atoms with van der Waals surface area (Å²) < 4.78 is 12.7. The average Bonchev–Trinajstić information content (AvgIpc) is 2.92. The lowest BCUT2D eigenvalue weighted by atomic mass is 10.1. The van der Waals surface area contributed by atoms with E-state index in [0.717, 1.165) is 5.56 Å². The van der Waals surface area contributed by atoms with E-state index < -0.39 is 0 Å². The molecule has 0 aliphatic heterocycles. The molecular formula is C12H14FN5O. The molecule has 6 nitrogen and oxygen atoms in total. The van der Waals surface area contributed by atoms with Crippen molar-refractivity contribution < 1.29 is 9.18 Å². The Morgan fingerprint density at radius 1 is 1.42 bits per heavy atom. The van der Waals surface area contributed by atoms with Gasteiger partial charge in [-0.15, -0.1) is 10.2 Å². The Morgan fingerprint density at radius 2 is 2.16 bits per heavy atom. The quantitative estimate of drug-likeness (QED) is 0.847. The maximum Gasteiger partial charge on any atom is 0.220 e. The number of H-pyrrole nitrogens is 1. The summed E-state index contributed by atoms with van der Waals surface area (Å²) in [5, 5.41) is 16.1. The maximum atomic E-state index is 12.7. The van der Waals surface area contributed by atoms with Gasteiger partial charge in [-0.2, -0.15) is 5.21 Å². The molecule has 0 aliphatic carbocycles. The van der Waals surface area contributed by atoms with Crippen LogP contribution < -0.4 is 5.32 Å². The molecule has 0 aliphatic rings. The van der Waals surface area contributed by atoms with Gasteiger partial charge in [-0.3, -0.25) is 4.79 Å². The molecule has 0 saturated carbocycles. The monoisotopic (exact) mass is 263 g/mol. The van der Waals surface area contributed by atoms with Gasteiger partial charge in [0.1, 0.15) is 5.82 Å². The van der Waals surface area contributed by atoms with E-state index in [1.807, 2.05) is 0 Å². The zero-order valence-corrected chi connectivity index (χ0v) is 10.4. The number of halogens is 1. The second-order valence-corrected chi connectivity index (χ2v) is 4.19. The van der Waals surface area contributed by atoms with Gasteiger partial charge < -0.3 is 5.32 Å². The average molecular weight is 263 g/mol. The lowest BCUT2D eigenvalue weighted by Gasteiger charge is -2.09. The maximum absolute atomic E-state index is 12.7. The van der Waals surface area contributed by atoms with Crippen LogP contribution >= 0.6 is 0 Å². The molecule has 0 fully saturated rings. The van der Waals surface area contributed by atoms with Crippen LogP contribution in [0.5, 0.6) is 0 Å². The number of carbonyl (C=O) groups is 1. The Labute approximate surface area is 109 Å². The van der Waals surface area contributed by atoms with E-state index in [9.17, 15) is 9.18 Å². The van der Waals surface area contributed by atoms with Crippen LogP contribution in [0.25, 0.3) is 0 Å².